The van der Waals surface area contributed by atoms with Gasteiger partial charge < -0.3 is 10.4 Å². The molecule has 2 aromatic heterocycles. The third-order valence-corrected chi connectivity index (χ3v) is 4.72. The van der Waals surface area contributed by atoms with E-state index in [0.29, 0.717) is 0 Å². The lowest BCUT2D eigenvalue weighted by Gasteiger charge is -2.20. The molecule has 0 aliphatic carbocycles. The molecule has 0 amide bonds. The van der Waals surface area contributed by atoms with Gasteiger partial charge in [0.05, 0.1) is 18.8 Å². The van der Waals surface area contributed by atoms with Crippen molar-refractivity contribution in [3.05, 3.63) is 53.2 Å². The zero-order valence-electron chi connectivity index (χ0n) is 12.2. The number of aliphatic hydroxyl groups excluding tert-OH is 1. The maximum Gasteiger partial charge on any atom is 0.0627 e. The molecule has 0 saturated carbocycles. The largest absolute Gasteiger partial charge is 0.394 e. The number of nitrogens with one attached hydrogen (secondary N) is 1. The van der Waals surface area contributed by atoms with Crippen molar-refractivity contribution in [3.63, 3.8) is 0 Å². The van der Waals surface area contributed by atoms with E-state index in [9.17, 15) is 5.11 Å². The van der Waals surface area contributed by atoms with Crippen molar-refractivity contribution in [3.8, 4) is 0 Å². The lowest BCUT2D eigenvalue weighted by atomic mass is 10.0. The van der Waals surface area contributed by atoms with E-state index in [0.717, 1.165) is 5.56 Å². The molecular formula is C16H19N3OS. The number of thiophene rings is 1. The Kier molecular flexibility index (Phi) is 4.05. The summed E-state index contributed by atoms with van der Waals surface area (Å²) < 4.78 is 3.05. The van der Waals surface area contributed by atoms with Gasteiger partial charge in [-0.1, -0.05) is 18.2 Å². The van der Waals surface area contributed by atoms with Gasteiger partial charge in [0.2, 0.25) is 0 Å². The van der Waals surface area contributed by atoms with Crippen molar-refractivity contribution in [2.24, 2.45) is 7.05 Å². The molecule has 0 radical (unpaired) electrons. The Balaban J connectivity index is 1.83. The van der Waals surface area contributed by atoms with Crippen molar-refractivity contribution in [2.45, 2.75) is 19.0 Å². The monoisotopic (exact) mass is 301 g/mol. The van der Waals surface area contributed by atoms with Crippen molar-refractivity contribution in [2.75, 3.05) is 6.61 Å². The Bertz CT molecular complexity index is 734. The fourth-order valence-electron chi connectivity index (χ4n) is 2.60. The van der Waals surface area contributed by atoms with E-state index in [-0.39, 0.29) is 18.7 Å². The van der Waals surface area contributed by atoms with Crippen LogP contribution >= 0.6 is 11.3 Å². The zero-order valence-corrected chi connectivity index (χ0v) is 13.0. The van der Waals surface area contributed by atoms with E-state index in [1.165, 1.54) is 15.6 Å². The van der Waals surface area contributed by atoms with Gasteiger partial charge in [0.15, 0.2) is 0 Å². The molecule has 0 bridgehead atoms. The number of hydrogen-bond acceptors (Lipinski definition) is 4. The third-order valence-electron chi connectivity index (χ3n) is 3.74. The topological polar surface area (TPSA) is 50.1 Å². The first kappa shape index (κ1) is 14.3. The number of aromatic nitrogens is 2. The van der Waals surface area contributed by atoms with Crippen LogP contribution in [0.1, 0.15) is 30.1 Å². The molecule has 0 saturated heterocycles. The standard InChI is InChI=1S/C16H19N3OS/c1-11(14-10-21-16-6-4-3-5-13(14)16)18-15(9-20)12-7-17-19(2)8-12/h3-8,10-11,15,18,20H,9H2,1-2H3. The van der Waals surface area contributed by atoms with Gasteiger partial charge in [-0.25, -0.2) is 0 Å². The molecule has 21 heavy (non-hydrogen) atoms. The highest BCUT2D eigenvalue weighted by Gasteiger charge is 2.18. The lowest BCUT2D eigenvalue weighted by Crippen LogP contribution is -2.27. The van der Waals surface area contributed by atoms with Crippen LogP contribution in [0.25, 0.3) is 10.1 Å². The first-order chi connectivity index (χ1) is 10.2. The summed E-state index contributed by atoms with van der Waals surface area (Å²) >= 11 is 1.76. The van der Waals surface area contributed by atoms with E-state index >= 15 is 0 Å². The predicted molar refractivity (Wildman–Crippen MR) is 86.4 cm³/mol. The maximum atomic E-state index is 9.65. The molecule has 0 aliphatic heterocycles. The average molecular weight is 301 g/mol. The van der Waals surface area contributed by atoms with E-state index in [1.807, 2.05) is 13.2 Å². The second-order valence-electron chi connectivity index (χ2n) is 5.26. The Morgan fingerprint density at radius 1 is 1.38 bits per heavy atom. The molecule has 5 heteroatoms. The van der Waals surface area contributed by atoms with Crippen LogP contribution in [0.4, 0.5) is 0 Å². The molecule has 2 heterocycles. The lowest BCUT2D eigenvalue weighted by molar-refractivity contribution is 0.235. The van der Waals surface area contributed by atoms with Gasteiger partial charge in [-0.2, -0.15) is 5.10 Å². The number of rotatable bonds is 5. The number of hydrogen-bond donors (Lipinski definition) is 2. The van der Waals surface area contributed by atoms with Gasteiger partial charge in [-0.15, -0.1) is 11.3 Å². The summed E-state index contributed by atoms with van der Waals surface area (Å²) in [6.07, 6.45) is 3.73. The van der Waals surface area contributed by atoms with Crippen molar-refractivity contribution in [1.82, 2.24) is 15.1 Å². The van der Waals surface area contributed by atoms with Crippen LogP contribution in [-0.2, 0) is 7.05 Å². The molecule has 3 aromatic rings. The summed E-state index contributed by atoms with van der Waals surface area (Å²) in [6.45, 7) is 2.19. The first-order valence-corrected chi connectivity index (χ1v) is 7.88. The van der Waals surface area contributed by atoms with Gasteiger partial charge in [0, 0.05) is 29.5 Å². The number of benzene rings is 1. The van der Waals surface area contributed by atoms with Gasteiger partial charge in [0.25, 0.3) is 0 Å². The quantitative estimate of drug-likeness (QED) is 0.761. The Morgan fingerprint density at radius 2 is 2.19 bits per heavy atom. The van der Waals surface area contributed by atoms with Crippen molar-refractivity contribution < 1.29 is 5.11 Å². The Morgan fingerprint density at radius 3 is 2.90 bits per heavy atom. The number of aliphatic hydroxyl groups is 1. The number of nitrogens with zero attached hydrogens (tertiary/aromatic N) is 2. The number of fused-ring (bicyclic) bond motifs is 1. The van der Waals surface area contributed by atoms with Gasteiger partial charge in [-0.3, -0.25) is 4.68 Å². The average Bonchev–Trinajstić information content (AvgIpc) is 3.10. The van der Waals surface area contributed by atoms with E-state index in [1.54, 1.807) is 22.2 Å². The van der Waals surface area contributed by atoms with Crippen LogP contribution in [0.3, 0.4) is 0 Å². The van der Waals surface area contributed by atoms with Crippen molar-refractivity contribution in [1.29, 1.82) is 0 Å². The van der Waals surface area contributed by atoms with E-state index in [4.69, 9.17) is 0 Å². The summed E-state index contributed by atoms with van der Waals surface area (Å²) in [5.74, 6) is 0. The third kappa shape index (κ3) is 2.85. The molecule has 0 spiro atoms. The summed E-state index contributed by atoms with van der Waals surface area (Å²) in [5.41, 5.74) is 2.28. The van der Waals surface area contributed by atoms with Crippen LogP contribution in [-0.4, -0.2) is 21.5 Å². The minimum absolute atomic E-state index is 0.0537. The van der Waals surface area contributed by atoms with Crippen LogP contribution in [0.2, 0.25) is 0 Å². The van der Waals surface area contributed by atoms with Crippen LogP contribution in [0.15, 0.2) is 42.0 Å². The maximum absolute atomic E-state index is 9.65. The molecule has 1 aromatic carbocycles. The SMILES string of the molecule is CC(NC(CO)c1cnn(C)c1)c1csc2ccccc12. The summed E-state index contributed by atoms with van der Waals surface area (Å²) in [4.78, 5) is 0. The van der Waals surface area contributed by atoms with Crippen molar-refractivity contribution >= 4 is 21.4 Å². The highest BCUT2D eigenvalue weighted by molar-refractivity contribution is 7.17. The van der Waals surface area contributed by atoms with E-state index < -0.39 is 0 Å². The molecule has 2 unspecified atom stereocenters. The Hall–Kier alpha value is -1.69. The second kappa shape index (κ2) is 5.97. The summed E-state index contributed by atoms with van der Waals surface area (Å²) in [5, 5.41) is 20.8. The fourth-order valence-corrected chi connectivity index (χ4v) is 3.65. The van der Waals surface area contributed by atoms with Gasteiger partial charge in [0.1, 0.15) is 0 Å². The van der Waals surface area contributed by atoms with Gasteiger partial charge >= 0.3 is 0 Å². The minimum Gasteiger partial charge on any atom is -0.394 e. The molecule has 3 rings (SSSR count). The highest BCUT2D eigenvalue weighted by Crippen LogP contribution is 2.31. The molecule has 2 N–H and O–H groups in total. The van der Waals surface area contributed by atoms with Crippen LogP contribution in [0, 0.1) is 0 Å². The zero-order chi connectivity index (χ0) is 14.8. The summed E-state index contributed by atoms with van der Waals surface area (Å²) in [6, 6.07) is 8.48. The second-order valence-corrected chi connectivity index (χ2v) is 6.17. The smallest absolute Gasteiger partial charge is 0.0627 e. The summed E-state index contributed by atoms with van der Waals surface area (Å²) in [7, 11) is 1.88. The Labute approximate surface area is 128 Å². The van der Waals surface area contributed by atoms with Gasteiger partial charge in [-0.05, 0) is 29.3 Å². The normalized spacial score (nSPS) is 14.4. The predicted octanol–water partition coefficient (Wildman–Crippen LogP) is 3.02. The fraction of sp³-hybridized carbons (Fsp3) is 0.312. The van der Waals surface area contributed by atoms with E-state index in [2.05, 4.69) is 47.0 Å². The minimum atomic E-state index is -0.104. The van der Waals surface area contributed by atoms with Crippen LogP contribution in [0.5, 0.6) is 0 Å². The molecule has 110 valence electrons. The molecule has 2 atom stereocenters. The number of aryl methyl sites for hydroxylation is 1. The molecular weight excluding hydrogens is 282 g/mol. The molecule has 0 aliphatic rings. The molecule has 4 nitrogen and oxygen atoms in total. The first-order valence-electron chi connectivity index (χ1n) is 7.00. The highest BCUT2D eigenvalue weighted by atomic mass is 32.1. The van der Waals surface area contributed by atoms with Crippen LogP contribution < -0.4 is 5.32 Å². The molecule has 0 fully saturated rings.